The predicted octanol–water partition coefficient (Wildman–Crippen LogP) is 4.22. The summed E-state index contributed by atoms with van der Waals surface area (Å²) in [5.74, 6) is 0.211. The van der Waals surface area contributed by atoms with E-state index in [4.69, 9.17) is 0 Å². The molecule has 0 saturated heterocycles. The molecule has 3 nitrogen and oxygen atoms in total. The van der Waals surface area contributed by atoms with Crippen LogP contribution in [0, 0.1) is 12.3 Å². The van der Waals surface area contributed by atoms with E-state index in [-0.39, 0.29) is 11.3 Å². The van der Waals surface area contributed by atoms with E-state index >= 15 is 0 Å². The maximum Gasteiger partial charge on any atom is 0.237 e. The summed E-state index contributed by atoms with van der Waals surface area (Å²) in [6, 6.07) is 16.5. The number of amides is 1. The number of aryl methyl sites for hydroxylation is 1. The summed E-state index contributed by atoms with van der Waals surface area (Å²) >= 11 is 0. The summed E-state index contributed by atoms with van der Waals surface area (Å²) in [4.78, 5) is 15.3. The van der Waals surface area contributed by atoms with Crippen LogP contribution in [0.3, 0.4) is 0 Å². The van der Waals surface area contributed by atoms with E-state index in [1.54, 1.807) is 0 Å². The number of hydrogen-bond acceptors (Lipinski definition) is 2. The normalized spacial score (nSPS) is 20.1. The number of anilines is 2. The van der Waals surface area contributed by atoms with Crippen molar-refractivity contribution in [1.82, 2.24) is 5.32 Å². The summed E-state index contributed by atoms with van der Waals surface area (Å²) in [5, 5.41) is 3.18. The van der Waals surface area contributed by atoms with Gasteiger partial charge in [0.05, 0.1) is 11.1 Å². The molecule has 0 fully saturated rings. The SMILES string of the molecule is CNCCCC1(C)Cc2ccccc2N(c2cccc(C)c2)C1=O. The van der Waals surface area contributed by atoms with Gasteiger partial charge in [0.25, 0.3) is 0 Å². The van der Waals surface area contributed by atoms with Crippen molar-refractivity contribution in [1.29, 1.82) is 0 Å². The number of benzene rings is 2. The molecule has 1 aliphatic heterocycles. The van der Waals surface area contributed by atoms with Crippen LogP contribution < -0.4 is 10.2 Å². The summed E-state index contributed by atoms with van der Waals surface area (Å²) in [6.07, 6.45) is 2.71. The molecule has 2 aromatic carbocycles. The lowest BCUT2D eigenvalue weighted by molar-refractivity contribution is -0.127. The first kappa shape index (κ1) is 16.7. The molecule has 0 aliphatic carbocycles. The molecule has 1 N–H and O–H groups in total. The van der Waals surface area contributed by atoms with E-state index in [1.807, 2.05) is 30.1 Å². The Bertz CT molecular complexity index is 740. The lowest BCUT2D eigenvalue weighted by Gasteiger charge is -2.41. The van der Waals surface area contributed by atoms with E-state index in [0.717, 1.165) is 37.2 Å². The van der Waals surface area contributed by atoms with E-state index in [9.17, 15) is 4.79 Å². The standard InChI is InChI=1S/C21H26N2O/c1-16-8-6-10-18(14-16)23-19-11-5-4-9-17(19)15-21(2,20(23)24)12-7-13-22-3/h4-6,8-11,14,22H,7,12-13,15H2,1-3H3. The van der Waals surface area contributed by atoms with Crippen LogP contribution in [-0.2, 0) is 11.2 Å². The lowest BCUT2D eigenvalue weighted by Crippen LogP contribution is -2.45. The molecule has 1 atom stereocenters. The fourth-order valence-electron chi connectivity index (χ4n) is 3.63. The van der Waals surface area contributed by atoms with Crippen molar-refractivity contribution >= 4 is 17.3 Å². The van der Waals surface area contributed by atoms with Crippen LogP contribution in [0.15, 0.2) is 48.5 Å². The summed E-state index contributed by atoms with van der Waals surface area (Å²) in [5.41, 5.74) is 4.06. The fourth-order valence-corrected chi connectivity index (χ4v) is 3.63. The van der Waals surface area contributed by atoms with Crippen LogP contribution in [0.1, 0.15) is 30.9 Å². The van der Waals surface area contributed by atoms with Crippen molar-refractivity contribution in [3.8, 4) is 0 Å². The number of fused-ring (bicyclic) bond motifs is 1. The maximum absolute atomic E-state index is 13.4. The fraction of sp³-hybridized carbons (Fsp3) is 0.381. The van der Waals surface area contributed by atoms with Crippen LogP contribution in [0.4, 0.5) is 11.4 Å². The van der Waals surface area contributed by atoms with Gasteiger partial charge >= 0.3 is 0 Å². The van der Waals surface area contributed by atoms with Crippen molar-refractivity contribution in [2.45, 2.75) is 33.1 Å². The zero-order valence-electron chi connectivity index (χ0n) is 14.8. The van der Waals surface area contributed by atoms with Crippen LogP contribution in [0.2, 0.25) is 0 Å². The van der Waals surface area contributed by atoms with Gasteiger partial charge in [0.2, 0.25) is 5.91 Å². The van der Waals surface area contributed by atoms with Crippen molar-refractivity contribution < 1.29 is 4.79 Å². The van der Waals surface area contributed by atoms with Gasteiger partial charge in [0.15, 0.2) is 0 Å². The van der Waals surface area contributed by atoms with Crippen molar-refractivity contribution in [3.63, 3.8) is 0 Å². The molecule has 3 rings (SSSR count). The largest absolute Gasteiger partial charge is 0.320 e. The Morgan fingerprint density at radius 1 is 1.17 bits per heavy atom. The quantitative estimate of drug-likeness (QED) is 0.836. The molecule has 0 saturated carbocycles. The smallest absolute Gasteiger partial charge is 0.237 e. The highest BCUT2D eigenvalue weighted by atomic mass is 16.2. The van der Waals surface area contributed by atoms with E-state index in [0.29, 0.717) is 0 Å². The zero-order valence-corrected chi connectivity index (χ0v) is 14.8. The topological polar surface area (TPSA) is 32.3 Å². The summed E-state index contributed by atoms with van der Waals surface area (Å²) in [7, 11) is 1.96. The van der Waals surface area contributed by atoms with Crippen LogP contribution in [0.5, 0.6) is 0 Å². The number of carbonyl (C=O) groups excluding carboxylic acids is 1. The molecule has 2 aromatic rings. The third-order valence-corrected chi connectivity index (χ3v) is 4.95. The third kappa shape index (κ3) is 3.09. The first-order chi connectivity index (χ1) is 11.5. The molecule has 0 aromatic heterocycles. The molecular formula is C21H26N2O. The lowest BCUT2D eigenvalue weighted by atomic mass is 9.75. The number of nitrogens with zero attached hydrogens (tertiary/aromatic N) is 1. The number of para-hydroxylation sites is 1. The van der Waals surface area contributed by atoms with Crippen molar-refractivity contribution in [2.24, 2.45) is 5.41 Å². The minimum atomic E-state index is -0.352. The number of carbonyl (C=O) groups is 1. The van der Waals surface area contributed by atoms with Gasteiger partial charge in [-0.15, -0.1) is 0 Å². The highest BCUT2D eigenvalue weighted by Crippen LogP contribution is 2.43. The number of hydrogen-bond donors (Lipinski definition) is 1. The average Bonchev–Trinajstić information content (AvgIpc) is 2.56. The Morgan fingerprint density at radius 2 is 1.96 bits per heavy atom. The minimum Gasteiger partial charge on any atom is -0.320 e. The van der Waals surface area contributed by atoms with Gasteiger partial charge in [0.1, 0.15) is 0 Å². The highest BCUT2D eigenvalue weighted by molar-refractivity contribution is 6.06. The molecule has 1 unspecified atom stereocenters. The number of nitrogens with one attached hydrogen (secondary N) is 1. The molecule has 1 amide bonds. The van der Waals surface area contributed by atoms with Gasteiger partial charge in [0, 0.05) is 5.69 Å². The van der Waals surface area contributed by atoms with E-state index in [2.05, 4.69) is 49.5 Å². The van der Waals surface area contributed by atoms with Gasteiger partial charge in [-0.05, 0) is 69.1 Å². The molecule has 1 aliphatic rings. The van der Waals surface area contributed by atoms with Gasteiger partial charge in [-0.2, -0.15) is 0 Å². The molecule has 1 heterocycles. The zero-order chi connectivity index (χ0) is 17.2. The second kappa shape index (κ2) is 6.78. The van der Waals surface area contributed by atoms with E-state index < -0.39 is 0 Å². The van der Waals surface area contributed by atoms with Crippen LogP contribution >= 0.6 is 0 Å². The predicted molar refractivity (Wildman–Crippen MR) is 99.7 cm³/mol. The Kier molecular flexibility index (Phi) is 4.72. The molecule has 126 valence electrons. The minimum absolute atomic E-state index is 0.211. The third-order valence-electron chi connectivity index (χ3n) is 4.95. The van der Waals surface area contributed by atoms with Gasteiger partial charge in [-0.3, -0.25) is 9.69 Å². The van der Waals surface area contributed by atoms with E-state index in [1.165, 1.54) is 11.1 Å². The first-order valence-electron chi connectivity index (χ1n) is 8.69. The molecule has 0 spiro atoms. The summed E-state index contributed by atoms with van der Waals surface area (Å²) in [6.45, 7) is 5.12. The molecular weight excluding hydrogens is 296 g/mol. The second-order valence-electron chi connectivity index (χ2n) is 7.05. The molecule has 0 bridgehead atoms. The average molecular weight is 322 g/mol. The highest BCUT2D eigenvalue weighted by Gasteiger charge is 2.42. The summed E-state index contributed by atoms with van der Waals surface area (Å²) < 4.78 is 0. The maximum atomic E-state index is 13.4. The molecule has 0 radical (unpaired) electrons. The number of rotatable bonds is 5. The van der Waals surface area contributed by atoms with Crippen molar-refractivity contribution in [3.05, 3.63) is 59.7 Å². The Balaban J connectivity index is 2.04. The van der Waals surface area contributed by atoms with Gasteiger partial charge in [-0.1, -0.05) is 37.3 Å². The second-order valence-corrected chi connectivity index (χ2v) is 7.05. The van der Waals surface area contributed by atoms with Crippen LogP contribution in [0.25, 0.3) is 0 Å². The van der Waals surface area contributed by atoms with Gasteiger partial charge in [-0.25, -0.2) is 0 Å². The molecule has 24 heavy (non-hydrogen) atoms. The van der Waals surface area contributed by atoms with Gasteiger partial charge < -0.3 is 5.32 Å². The van der Waals surface area contributed by atoms with Crippen molar-refractivity contribution in [2.75, 3.05) is 18.5 Å². The Labute approximate surface area is 144 Å². The monoisotopic (exact) mass is 322 g/mol. The Morgan fingerprint density at radius 3 is 2.71 bits per heavy atom. The molecule has 3 heteroatoms. The first-order valence-corrected chi connectivity index (χ1v) is 8.69. The Hall–Kier alpha value is -2.13. The van der Waals surface area contributed by atoms with Crippen LogP contribution in [-0.4, -0.2) is 19.5 Å².